The van der Waals surface area contributed by atoms with E-state index in [4.69, 9.17) is 10.3 Å². The second kappa shape index (κ2) is 6.08. The fourth-order valence-corrected chi connectivity index (χ4v) is 3.04. The number of amides is 1. The second-order valence-corrected chi connectivity index (χ2v) is 6.82. The Labute approximate surface area is 143 Å². The van der Waals surface area contributed by atoms with Gasteiger partial charge < -0.3 is 16.2 Å². The summed E-state index contributed by atoms with van der Waals surface area (Å²) in [6, 6.07) is 13.2. The van der Waals surface area contributed by atoms with E-state index < -0.39 is 20.9 Å². The molecular weight excluding hydrogens is 344 g/mol. The van der Waals surface area contributed by atoms with E-state index in [9.17, 15) is 18.3 Å². The maximum atomic E-state index is 12.4. The number of nitrogens with one attached hydrogen (secondary N) is 1. The Hall–Kier alpha value is -3.10. The molecule has 0 aromatic heterocycles. The zero-order valence-corrected chi connectivity index (χ0v) is 13.6. The van der Waals surface area contributed by atoms with Crippen LogP contribution in [0.1, 0.15) is 10.4 Å². The predicted octanol–water partition coefficient (Wildman–Crippen LogP) is 2.63. The standard InChI is InChI=1S/C17H14N2O5S/c18-12-5-1-4-11(7-12)17(21)19-14-6-2-3-10-8-13(25(22,23)24)9-15(20)16(10)14/h1-9,20H,18H2,(H,19,21)(H,22,23,24). The Balaban J connectivity index is 2.07. The van der Waals surface area contributed by atoms with E-state index >= 15 is 0 Å². The molecule has 0 heterocycles. The van der Waals surface area contributed by atoms with Gasteiger partial charge in [-0.3, -0.25) is 9.35 Å². The molecule has 0 spiro atoms. The lowest BCUT2D eigenvalue weighted by molar-refractivity contribution is 0.102. The van der Waals surface area contributed by atoms with Crippen LogP contribution < -0.4 is 11.1 Å². The summed E-state index contributed by atoms with van der Waals surface area (Å²) in [5.41, 5.74) is 6.73. The average Bonchev–Trinajstić information content (AvgIpc) is 2.53. The molecule has 3 rings (SSSR count). The molecule has 3 aromatic carbocycles. The number of phenols is 1. The van der Waals surface area contributed by atoms with E-state index in [1.165, 1.54) is 12.1 Å². The highest BCUT2D eigenvalue weighted by Crippen LogP contribution is 2.34. The maximum Gasteiger partial charge on any atom is 0.294 e. The molecule has 0 saturated carbocycles. The van der Waals surface area contributed by atoms with Crippen LogP contribution >= 0.6 is 0 Å². The molecular formula is C17H14N2O5S. The summed E-state index contributed by atoms with van der Waals surface area (Å²) < 4.78 is 31.7. The third-order valence-corrected chi connectivity index (χ3v) is 4.46. The minimum atomic E-state index is -4.46. The van der Waals surface area contributed by atoms with Crippen LogP contribution in [-0.2, 0) is 10.1 Å². The van der Waals surface area contributed by atoms with Gasteiger partial charge in [0.25, 0.3) is 16.0 Å². The molecule has 128 valence electrons. The van der Waals surface area contributed by atoms with Crippen LogP contribution in [0.5, 0.6) is 5.75 Å². The topological polar surface area (TPSA) is 130 Å². The molecule has 0 unspecified atom stereocenters. The van der Waals surface area contributed by atoms with Crippen molar-refractivity contribution in [3.63, 3.8) is 0 Å². The Morgan fingerprint density at radius 1 is 1.04 bits per heavy atom. The van der Waals surface area contributed by atoms with E-state index in [-0.39, 0.29) is 11.1 Å². The summed E-state index contributed by atoms with van der Waals surface area (Å²) in [5.74, 6) is -0.813. The highest BCUT2D eigenvalue weighted by molar-refractivity contribution is 7.85. The first-order valence-corrected chi connectivity index (χ1v) is 8.60. The molecule has 0 atom stereocenters. The molecule has 7 nitrogen and oxygen atoms in total. The van der Waals surface area contributed by atoms with Gasteiger partial charge in [-0.05, 0) is 35.7 Å². The minimum absolute atomic E-state index is 0.257. The highest BCUT2D eigenvalue weighted by Gasteiger charge is 2.16. The van der Waals surface area contributed by atoms with E-state index in [2.05, 4.69) is 5.32 Å². The number of nitrogen functional groups attached to an aromatic ring is 1. The van der Waals surface area contributed by atoms with Crippen LogP contribution in [0.15, 0.2) is 59.5 Å². The van der Waals surface area contributed by atoms with Crippen LogP contribution in [0.2, 0.25) is 0 Å². The predicted molar refractivity (Wildman–Crippen MR) is 94.2 cm³/mol. The number of aromatic hydroxyl groups is 1. The molecule has 0 aliphatic heterocycles. The quantitative estimate of drug-likeness (QED) is 0.421. The molecule has 0 fully saturated rings. The van der Waals surface area contributed by atoms with Gasteiger partial charge in [0.2, 0.25) is 0 Å². The number of phenolic OH excluding ortho intramolecular Hbond substituents is 1. The Kier molecular flexibility index (Phi) is 4.07. The number of hydrogen-bond acceptors (Lipinski definition) is 5. The van der Waals surface area contributed by atoms with Crippen molar-refractivity contribution in [3.8, 4) is 5.75 Å². The van der Waals surface area contributed by atoms with E-state index in [0.717, 1.165) is 6.07 Å². The van der Waals surface area contributed by atoms with Gasteiger partial charge in [0.1, 0.15) is 5.75 Å². The molecule has 1 amide bonds. The normalized spacial score (nSPS) is 11.4. The van der Waals surface area contributed by atoms with E-state index in [1.807, 2.05) is 0 Å². The summed E-state index contributed by atoms with van der Waals surface area (Å²) in [7, 11) is -4.46. The van der Waals surface area contributed by atoms with Crippen molar-refractivity contribution < 1.29 is 22.9 Å². The third-order valence-electron chi connectivity index (χ3n) is 3.62. The first kappa shape index (κ1) is 16.7. The fourth-order valence-electron chi connectivity index (χ4n) is 2.51. The first-order chi connectivity index (χ1) is 11.8. The zero-order valence-electron chi connectivity index (χ0n) is 12.8. The lowest BCUT2D eigenvalue weighted by atomic mass is 10.1. The number of anilines is 2. The summed E-state index contributed by atoms with van der Waals surface area (Å²) in [5, 5.41) is 13.4. The van der Waals surface area contributed by atoms with E-state index in [0.29, 0.717) is 22.3 Å². The van der Waals surface area contributed by atoms with Gasteiger partial charge in [0.05, 0.1) is 10.6 Å². The van der Waals surface area contributed by atoms with Gasteiger partial charge in [-0.25, -0.2) is 0 Å². The summed E-state index contributed by atoms with van der Waals surface area (Å²) in [6.07, 6.45) is 0. The average molecular weight is 358 g/mol. The molecule has 0 saturated heterocycles. The fraction of sp³-hybridized carbons (Fsp3) is 0. The van der Waals surface area contributed by atoms with Gasteiger partial charge in [-0.15, -0.1) is 0 Å². The number of benzene rings is 3. The van der Waals surface area contributed by atoms with Crippen molar-refractivity contribution in [1.82, 2.24) is 0 Å². The van der Waals surface area contributed by atoms with Gasteiger partial charge in [0.15, 0.2) is 0 Å². The molecule has 8 heteroatoms. The first-order valence-electron chi connectivity index (χ1n) is 7.16. The summed E-state index contributed by atoms with van der Waals surface area (Å²) >= 11 is 0. The minimum Gasteiger partial charge on any atom is -0.507 e. The number of fused-ring (bicyclic) bond motifs is 1. The Morgan fingerprint density at radius 3 is 2.44 bits per heavy atom. The molecule has 3 aromatic rings. The monoisotopic (exact) mass is 358 g/mol. The van der Waals surface area contributed by atoms with Crippen molar-refractivity contribution in [3.05, 3.63) is 60.2 Å². The van der Waals surface area contributed by atoms with Crippen molar-refractivity contribution in [2.75, 3.05) is 11.1 Å². The largest absolute Gasteiger partial charge is 0.507 e. The number of carbonyl (C=O) groups excluding carboxylic acids is 1. The smallest absolute Gasteiger partial charge is 0.294 e. The lowest BCUT2D eigenvalue weighted by Gasteiger charge is -2.11. The van der Waals surface area contributed by atoms with Gasteiger partial charge in [-0.2, -0.15) is 8.42 Å². The number of carbonyl (C=O) groups is 1. The van der Waals surface area contributed by atoms with Crippen molar-refractivity contribution in [2.24, 2.45) is 0 Å². The van der Waals surface area contributed by atoms with E-state index in [1.54, 1.807) is 36.4 Å². The maximum absolute atomic E-state index is 12.4. The van der Waals surface area contributed by atoms with Crippen LogP contribution in [0.4, 0.5) is 11.4 Å². The molecule has 0 radical (unpaired) electrons. The van der Waals surface area contributed by atoms with Crippen LogP contribution in [0.25, 0.3) is 10.8 Å². The van der Waals surface area contributed by atoms with Crippen LogP contribution in [0, 0.1) is 0 Å². The molecule has 25 heavy (non-hydrogen) atoms. The second-order valence-electron chi connectivity index (χ2n) is 5.40. The Bertz CT molecular complexity index is 1090. The van der Waals surface area contributed by atoms with Gasteiger partial charge in [-0.1, -0.05) is 18.2 Å². The summed E-state index contributed by atoms with van der Waals surface area (Å²) in [4.78, 5) is 11.9. The number of rotatable bonds is 3. The number of nitrogens with two attached hydrogens (primary N) is 1. The van der Waals surface area contributed by atoms with Crippen LogP contribution in [-0.4, -0.2) is 24.0 Å². The molecule has 5 N–H and O–H groups in total. The van der Waals surface area contributed by atoms with Gasteiger partial charge >= 0.3 is 0 Å². The number of hydrogen-bond donors (Lipinski definition) is 4. The van der Waals surface area contributed by atoms with Crippen molar-refractivity contribution >= 4 is 38.2 Å². The SMILES string of the molecule is Nc1cccc(C(=O)Nc2cccc3cc(S(=O)(=O)O)cc(O)c23)c1. The summed E-state index contributed by atoms with van der Waals surface area (Å²) in [6.45, 7) is 0. The highest BCUT2D eigenvalue weighted by atomic mass is 32.2. The van der Waals surface area contributed by atoms with Crippen molar-refractivity contribution in [2.45, 2.75) is 4.90 Å². The van der Waals surface area contributed by atoms with Crippen molar-refractivity contribution in [1.29, 1.82) is 0 Å². The lowest BCUT2D eigenvalue weighted by Crippen LogP contribution is -2.12. The zero-order chi connectivity index (χ0) is 18.2. The third kappa shape index (κ3) is 3.39. The van der Waals surface area contributed by atoms with Crippen LogP contribution in [0.3, 0.4) is 0 Å². The molecule has 0 aliphatic carbocycles. The molecule has 0 aliphatic rings. The Morgan fingerprint density at radius 2 is 1.76 bits per heavy atom. The van der Waals surface area contributed by atoms with Gasteiger partial charge in [0, 0.05) is 22.7 Å². The molecule has 0 bridgehead atoms.